The third-order valence-electron chi connectivity index (χ3n) is 3.80. The largest absolute Gasteiger partial charge is 0.487 e. The van der Waals surface area contributed by atoms with Crippen molar-refractivity contribution in [3.05, 3.63) is 54.4 Å². The van der Waals surface area contributed by atoms with Crippen molar-refractivity contribution in [2.45, 2.75) is 31.7 Å². The number of nitrogens with one attached hydrogen (secondary N) is 1. The molecule has 0 radical (unpaired) electrons. The van der Waals surface area contributed by atoms with E-state index in [4.69, 9.17) is 14.6 Å². The van der Waals surface area contributed by atoms with Crippen LogP contribution in [-0.2, 0) is 20.9 Å². The molecule has 0 aliphatic carbocycles. The molecule has 7 nitrogen and oxygen atoms in total. The monoisotopic (exact) mass is 342 g/mol. The number of rotatable bonds is 6. The molecule has 2 aromatic rings. The van der Waals surface area contributed by atoms with E-state index in [0.717, 1.165) is 5.69 Å². The van der Waals surface area contributed by atoms with Crippen LogP contribution in [0.4, 0.5) is 5.69 Å². The number of aliphatic carboxylic acids is 1. The lowest BCUT2D eigenvalue weighted by Gasteiger charge is -2.13. The number of hydrogen-bond acceptors (Lipinski definition) is 5. The summed E-state index contributed by atoms with van der Waals surface area (Å²) in [7, 11) is 0. The minimum atomic E-state index is -1.04. The van der Waals surface area contributed by atoms with E-state index < -0.39 is 18.2 Å². The Morgan fingerprint density at radius 1 is 1.20 bits per heavy atom. The zero-order valence-corrected chi connectivity index (χ0v) is 13.4. The van der Waals surface area contributed by atoms with Crippen molar-refractivity contribution < 1.29 is 24.2 Å². The number of carboxylic acid groups (broad SMARTS) is 1. The van der Waals surface area contributed by atoms with E-state index in [9.17, 15) is 9.59 Å². The predicted octanol–water partition coefficient (Wildman–Crippen LogP) is 2.23. The van der Waals surface area contributed by atoms with Crippen molar-refractivity contribution in [1.82, 2.24) is 4.98 Å². The number of ether oxygens (including phenoxy) is 2. The lowest BCUT2D eigenvalue weighted by molar-refractivity contribution is -0.150. The molecule has 0 saturated carbocycles. The fraction of sp³-hybridized carbons (Fsp3) is 0.278. The molecule has 130 valence electrons. The summed E-state index contributed by atoms with van der Waals surface area (Å²) < 4.78 is 10.9. The lowest BCUT2D eigenvalue weighted by Crippen LogP contribution is -2.29. The SMILES string of the molecule is O=C(O)[C@@H]1CC[C@H](C(=O)Nc2cccc(OCc3ccccn3)c2)O1. The van der Waals surface area contributed by atoms with Gasteiger partial charge in [-0.3, -0.25) is 9.78 Å². The van der Waals surface area contributed by atoms with Crippen molar-refractivity contribution in [1.29, 1.82) is 0 Å². The molecule has 1 amide bonds. The third-order valence-corrected chi connectivity index (χ3v) is 3.80. The van der Waals surface area contributed by atoms with Gasteiger partial charge in [-0.05, 0) is 37.1 Å². The van der Waals surface area contributed by atoms with E-state index in [1.807, 2.05) is 18.2 Å². The molecule has 2 heterocycles. The normalized spacial score (nSPS) is 19.4. The smallest absolute Gasteiger partial charge is 0.332 e. The molecule has 2 atom stereocenters. The van der Waals surface area contributed by atoms with Crippen LogP contribution in [0.15, 0.2) is 48.7 Å². The molecular formula is C18H18N2O5. The highest BCUT2D eigenvalue weighted by atomic mass is 16.5. The number of pyridine rings is 1. The highest BCUT2D eigenvalue weighted by Gasteiger charge is 2.34. The number of carbonyl (C=O) groups is 2. The van der Waals surface area contributed by atoms with E-state index >= 15 is 0 Å². The van der Waals surface area contributed by atoms with Gasteiger partial charge in [-0.25, -0.2) is 4.79 Å². The fourth-order valence-electron chi connectivity index (χ4n) is 2.54. The summed E-state index contributed by atoms with van der Waals surface area (Å²) in [5, 5.41) is 11.6. The minimum absolute atomic E-state index is 0.324. The number of nitrogens with zero attached hydrogens (tertiary/aromatic N) is 1. The number of aromatic nitrogens is 1. The lowest BCUT2D eigenvalue weighted by atomic mass is 10.2. The molecule has 0 bridgehead atoms. The number of carboxylic acids is 1. The predicted molar refractivity (Wildman–Crippen MR) is 89.2 cm³/mol. The Morgan fingerprint density at radius 2 is 2.04 bits per heavy atom. The zero-order valence-electron chi connectivity index (χ0n) is 13.4. The topological polar surface area (TPSA) is 97.8 Å². The molecule has 3 rings (SSSR count). The second-order valence-electron chi connectivity index (χ2n) is 5.66. The second kappa shape index (κ2) is 7.76. The van der Waals surface area contributed by atoms with Gasteiger partial charge in [0, 0.05) is 18.0 Å². The van der Waals surface area contributed by atoms with Gasteiger partial charge in [-0.15, -0.1) is 0 Å². The number of amides is 1. The first-order valence-electron chi connectivity index (χ1n) is 7.94. The quantitative estimate of drug-likeness (QED) is 0.835. The van der Waals surface area contributed by atoms with Gasteiger partial charge in [-0.2, -0.15) is 0 Å². The van der Waals surface area contributed by atoms with Crippen LogP contribution >= 0.6 is 0 Å². The van der Waals surface area contributed by atoms with E-state index in [0.29, 0.717) is 30.9 Å². The van der Waals surface area contributed by atoms with Gasteiger partial charge in [0.05, 0.1) is 5.69 Å². The Bertz CT molecular complexity index is 750. The van der Waals surface area contributed by atoms with Gasteiger partial charge in [0.1, 0.15) is 18.5 Å². The first-order chi connectivity index (χ1) is 12.1. The molecule has 1 aromatic heterocycles. The summed E-state index contributed by atoms with van der Waals surface area (Å²) >= 11 is 0. The molecule has 1 aliphatic rings. The number of hydrogen-bond donors (Lipinski definition) is 2. The molecule has 1 saturated heterocycles. The summed E-state index contributed by atoms with van der Waals surface area (Å²) in [6.45, 7) is 0.324. The summed E-state index contributed by atoms with van der Waals surface area (Å²) in [5.74, 6) is -0.801. The van der Waals surface area contributed by atoms with Gasteiger partial charge in [-0.1, -0.05) is 12.1 Å². The molecular weight excluding hydrogens is 324 g/mol. The number of carbonyl (C=O) groups excluding carboxylic acids is 1. The van der Waals surface area contributed by atoms with Crippen LogP contribution < -0.4 is 10.1 Å². The molecule has 0 unspecified atom stereocenters. The van der Waals surface area contributed by atoms with Gasteiger partial charge >= 0.3 is 5.97 Å². The molecule has 1 fully saturated rings. The first kappa shape index (κ1) is 16.9. The summed E-state index contributed by atoms with van der Waals surface area (Å²) in [5.41, 5.74) is 1.36. The van der Waals surface area contributed by atoms with Crippen LogP contribution in [0.3, 0.4) is 0 Å². The van der Waals surface area contributed by atoms with Crippen LogP contribution in [0.1, 0.15) is 18.5 Å². The van der Waals surface area contributed by atoms with Crippen molar-refractivity contribution in [3.8, 4) is 5.75 Å². The molecule has 2 N–H and O–H groups in total. The summed E-state index contributed by atoms with van der Waals surface area (Å²) in [4.78, 5) is 27.3. The van der Waals surface area contributed by atoms with Crippen LogP contribution in [0.2, 0.25) is 0 Å². The maximum Gasteiger partial charge on any atom is 0.332 e. The second-order valence-corrected chi connectivity index (χ2v) is 5.66. The summed E-state index contributed by atoms with van der Waals surface area (Å²) in [6.07, 6.45) is 0.753. The maximum atomic E-state index is 12.2. The van der Waals surface area contributed by atoms with Gasteiger partial charge < -0.3 is 19.9 Å². The highest BCUT2D eigenvalue weighted by Crippen LogP contribution is 2.23. The van der Waals surface area contributed by atoms with E-state index in [1.165, 1.54) is 0 Å². The average molecular weight is 342 g/mol. The van der Waals surface area contributed by atoms with E-state index in [2.05, 4.69) is 10.3 Å². The molecule has 0 spiro atoms. The van der Waals surface area contributed by atoms with E-state index in [1.54, 1.807) is 30.5 Å². The molecule has 1 aliphatic heterocycles. The Labute approximate surface area is 144 Å². The number of benzene rings is 1. The third kappa shape index (κ3) is 4.54. The Morgan fingerprint density at radius 3 is 2.76 bits per heavy atom. The average Bonchev–Trinajstić information content (AvgIpc) is 3.12. The van der Waals surface area contributed by atoms with Crippen LogP contribution in [0.5, 0.6) is 5.75 Å². The van der Waals surface area contributed by atoms with E-state index in [-0.39, 0.29) is 5.91 Å². The maximum absolute atomic E-state index is 12.2. The molecule has 7 heteroatoms. The van der Waals surface area contributed by atoms with Crippen molar-refractivity contribution in [3.63, 3.8) is 0 Å². The van der Waals surface area contributed by atoms with Crippen LogP contribution in [0.25, 0.3) is 0 Å². The van der Waals surface area contributed by atoms with Gasteiger partial charge in [0.15, 0.2) is 6.10 Å². The number of anilines is 1. The van der Waals surface area contributed by atoms with Gasteiger partial charge in [0.2, 0.25) is 0 Å². The fourth-order valence-corrected chi connectivity index (χ4v) is 2.54. The standard InChI is InChI=1S/C18H18N2O5/c21-17(15-7-8-16(25-15)18(22)23)20-12-5-3-6-14(10-12)24-11-13-4-1-2-9-19-13/h1-6,9-10,15-16H,7-8,11H2,(H,20,21)(H,22,23)/t15-,16+/m1/s1. The first-order valence-corrected chi connectivity index (χ1v) is 7.94. The van der Waals surface area contributed by atoms with Crippen LogP contribution in [-0.4, -0.2) is 34.2 Å². The molecule has 1 aromatic carbocycles. The Kier molecular flexibility index (Phi) is 5.25. The Hall–Kier alpha value is -2.93. The van der Waals surface area contributed by atoms with Crippen molar-refractivity contribution in [2.24, 2.45) is 0 Å². The van der Waals surface area contributed by atoms with Crippen molar-refractivity contribution >= 4 is 17.6 Å². The van der Waals surface area contributed by atoms with Crippen molar-refractivity contribution in [2.75, 3.05) is 5.32 Å². The molecule has 25 heavy (non-hydrogen) atoms. The highest BCUT2D eigenvalue weighted by molar-refractivity contribution is 5.94. The zero-order chi connectivity index (χ0) is 17.6. The van der Waals surface area contributed by atoms with Crippen LogP contribution in [0, 0.1) is 0 Å². The minimum Gasteiger partial charge on any atom is -0.487 e. The van der Waals surface area contributed by atoms with Gasteiger partial charge in [0.25, 0.3) is 5.91 Å². The summed E-state index contributed by atoms with van der Waals surface area (Å²) in [6, 6.07) is 12.6. The Balaban J connectivity index is 1.56.